The predicted octanol–water partition coefficient (Wildman–Crippen LogP) is 2.83. The Balaban J connectivity index is 1.52. The van der Waals surface area contributed by atoms with Crippen molar-refractivity contribution in [2.45, 2.75) is 13.1 Å². The van der Waals surface area contributed by atoms with Crippen LogP contribution in [0.2, 0.25) is 0 Å². The van der Waals surface area contributed by atoms with Gasteiger partial charge in [0.1, 0.15) is 5.75 Å². The van der Waals surface area contributed by atoms with Crippen LogP contribution in [0, 0.1) is 0 Å². The van der Waals surface area contributed by atoms with Gasteiger partial charge in [-0.25, -0.2) is 9.59 Å². The SMILES string of the molecule is COc1ccc2cc(CN(C)C(=O)COC(=O)c3ccc(CNC(N)=O)cc3)ccc2c1. The molecule has 3 aromatic rings. The summed E-state index contributed by atoms with van der Waals surface area (Å²) in [6, 6.07) is 17.6. The number of benzene rings is 3. The lowest BCUT2D eigenvalue weighted by Crippen LogP contribution is -2.30. The van der Waals surface area contributed by atoms with Crippen molar-refractivity contribution in [3.63, 3.8) is 0 Å². The molecule has 0 radical (unpaired) electrons. The van der Waals surface area contributed by atoms with Crippen molar-refractivity contribution < 1.29 is 23.9 Å². The normalized spacial score (nSPS) is 10.4. The van der Waals surface area contributed by atoms with Gasteiger partial charge in [-0.1, -0.05) is 30.3 Å². The highest BCUT2D eigenvalue weighted by molar-refractivity contribution is 5.91. The number of nitrogens with one attached hydrogen (secondary N) is 1. The topological polar surface area (TPSA) is 111 Å². The first-order valence-corrected chi connectivity index (χ1v) is 9.95. The molecule has 0 unspecified atom stereocenters. The molecule has 0 saturated heterocycles. The third kappa shape index (κ3) is 5.98. The Kier molecular flexibility index (Phi) is 7.28. The van der Waals surface area contributed by atoms with Gasteiger partial charge >= 0.3 is 12.0 Å². The number of nitrogens with two attached hydrogens (primary N) is 1. The molecule has 0 saturated carbocycles. The molecule has 3 amide bonds. The number of rotatable bonds is 8. The fraction of sp³-hybridized carbons (Fsp3) is 0.208. The molecule has 0 bridgehead atoms. The highest BCUT2D eigenvalue weighted by atomic mass is 16.5. The number of ether oxygens (including phenoxy) is 2. The highest BCUT2D eigenvalue weighted by Crippen LogP contribution is 2.22. The summed E-state index contributed by atoms with van der Waals surface area (Å²) in [4.78, 5) is 36.9. The van der Waals surface area contributed by atoms with Crippen molar-refractivity contribution in [3.8, 4) is 5.75 Å². The van der Waals surface area contributed by atoms with Crippen LogP contribution in [0.15, 0.2) is 60.7 Å². The van der Waals surface area contributed by atoms with Crippen LogP contribution in [0.1, 0.15) is 21.5 Å². The zero-order chi connectivity index (χ0) is 23.1. The van der Waals surface area contributed by atoms with Gasteiger partial charge in [0.15, 0.2) is 6.61 Å². The maximum atomic E-state index is 12.4. The minimum absolute atomic E-state index is 0.260. The number of primary amides is 1. The van der Waals surface area contributed by atoms with Crippen LogP contribution in [0.4, 0.5) is 4.79 Å². The van der Waals surface area contributed by atoms with Crippen molar-refractivity contribution in [2.75, 3.05) is 20.8 Å². The maximum absolute atomic E-state index is 12.4. The van der Waals surface area contributed by atoms with E-state index >= 15 is 0 Å². The lowest BCUT2D eigenvalue weighted by Gasteiger charge is -2.17. The summed E-state index contributed by atoms with van der Waals surface area (Å²) in [5.41, 5.74) is 7.09. The first-order chi connectivity index (χ1) is 15.4. The zero-order valence-corrected chi connectivity index (χ0v) is 18.0. The molecule has 8 nitrogen and oxygen atoms in total. The van der Waals surface area contributed by atoms with Crippen molar-refractivity contribution in [3.05, 3.63) is 77.4 Å². The molecule has 0 aliphatic carbocycles. The zero-order valence-electron chi connectivity index (χ0n) is 18.0. The Morgan fingerprint density at radius 2 is 1.59 bits per heavy atom. The second-order valence-corrected chi connectivity index (χ2v) is 7.29. The lowest BCUT2D eigenvalue weighted by atomic mass is 10.1. The Bertz CT molecular complexity index is 1130. The molecule has 3 aromatic carbocycles. The third-order valence-corrected chi connectivity index (χ3v) is 4.94. The van der Waals surface area contributed by atoms with E-state index in [9.17, 15) is 14.4 Å². The van der Waals surface area contributed by atoms with E-state index in [1.807, 2.05) is 36.4 Å². The quantitative estimate of drug-likeness (QED) is 0.529. The molecular formula is C24H25N3O5. The molecule has 32 heavy (non-hydrogen) atoms. The molecule has 166 valence electrons. The second kappa shape index (κ2) is 10.3. The van der Waals surface area contributed by atoms with Crippen molar-refractivity contribution >= 4 is 28.7 Å². The number of fused-ring (bicyclic) bond motifs is 1. The summed E-state index contributed by atoms with van der Waals surface area (Å²) in [7, 11) is 3.29. The van der Waals surface area contributed by atoms with Gasteiger partial charge in [-0.2, -0.15) is 0 Å². The van der Waals surface area contributed by atoms with Gasteiger partial charge < -0.3 is 25.4 Å². The Hall–Kier alpha value is -4.07. The lowest BCUT2D eigenvalue weighted by molar-refractivity contribution is -0.133. The standard InChI is InChI=1S/C24H25N3O5/c1-27(14-17-5-8-20-12-21(31-2)10-9-19(20)11-17)22(28)15-32-23(29)18-6-3-16(4-7-18)13-26-24(25)30/h3-12H,13-15H2,1-2H3,(H3,25,26,30). The predicted molar refractivity (Wildman–Crippen MR) is 120 cm³/mol. The number of amides is 3. The first-order valence-electron chi connectivity index (χ1n) is 9.95. The van der Waals surface area contributed by atoms with E-state index in [2.05, 4.69) is 5.32 Å². The van der Waals surface area contributed by atoms with Gasteiger partial charge in [-0.3, -0.25) is 4.79 Å². The number of likely N-dealkylation sites (N-methyl/N-ethyl adjacent to an activating group) is 1. The van der Waals surface area contributed by atoms with Gasteiger partial charge in [0.2, 0.25) is 0 Å². The summed E-state index contributed by atoms with van der Waals surface area (Å²) < 4.78 is 10.4. The van der Waals surface area contributed by atoms with Crippen LogP contribution in [-0.2, 0) is 22.6 Å². The number of esters is 1. The Labute approximate surface area is 185 Å². The summed E-state index contributed by atoms with van der Waals surface area (Å²) in [6.07, 6.45) is 0. The fourth-order valence-corrected chi connectivity index (χ4v) is 3.13. The molecule has 0 fully saturated rings. The molecule has 3 rings (SSSR count). The van der Waals surface area contributed by atoms with Crippen LogP contribution in [-0.4, -0.2) is 43.6 Å². The molecule has 0 aliphatic rings. The minimum Gasteiger partial charge on any atom is -0.497 e. The molecule has 0 atom stereocenters. The second-order valence-electron chi connectivity index (χ2n) is 7.29. The van der Waals surface area contributed by atoms with E-state index in [-0.39, 0.29) is 19.1 Å². The van der Waals surface area contributed by atoms with E-state index in [4.69, 9.17) is 15.2 Å². The van der Waals surface area contributed by atoms with Gasteiger partial charge in [-0.15, -0.1) is 0 Å². The van der Waals surface area contributed by atoms with Gasteiger partial charge in [-0.05, 0) is 52.2 Å². The average molecular weight is 435 g/mol. The molecule has 3 N–H and O–H groups in total. The number of carbonyl (C=O) groups excluding carboxylic acids is 3. The highest BCUT2D eigenvalue weighted by Gasteiger charge is 2.14. The van der Waals surface area contributed by atoms with E-state index in [0.717, 1.165) is 27.6 Å². The van der Waals surface area contributed by atoms with Crippen LogP contribution >= 0.6 is 0 Å². The van der Waals surface area contributed by atoms with Crippen LogP contribution in [0.3, 0.4) is 0 Å². The summed E-state index contributed by atoms with van der Waals surface area (Å²) in [6.45, 7) is 0.293. The number of methoxy groups -OCH3 is 1. The summed E-state index contributed by atoms with van der Waals surface area (Å²) in [5, 5.41) is 4.56. The number of hydrogen-bond acceptors (Lipinski definition) is 5. The van der Waals surface area contributed by atoms with Crippen molar-refractivity contribution in [2.24, 2.45) is 5.73 Å². The summed E-state index contributed by atoms with van der Waals surface area (Å²) >= 11 is 0. The van der Waals surface area contributed by atoms with E-state index in [1.165, 1.54) is 4.90 Å². The maximum Gasteiger partial charge on any atom is 0.338 e. The first kappa shape index (κ1) is 22.6. The molecule has 8 heteroatoms. The Morgan fingerprint density at radius 1 is 0.938 bits per heavy atom. The van der Waals surface area contributed by atoms with Crippen molar-refractivity contribution in [1.29, 1.82) is 0 Å². The molecular weight excluding hydrogens is 410 g/mol. The van der Waals surface area contributed by atoms with Gasteiger partial charge in [0, 0.05) is 20.1 Å². The van der Waals surface area contributed by atoms with Crippen LogP contribution < -0.4 is 15.8 Å². The summed E-state index contributed by atoms with van der Waals surface area (Å²) in [5.74, 6) is -0.118. The van der Waals surface area contributed by atoms with Crippen LogP contribution in [0.5, 0.6) is 5.75 Å². The number of nitrogens with zero attached hydrogens (tertiary/aromatic N) is 1. The smallest absolute Gasteiger partial charge is 0.338 e. The molecule has 0 aliphatic heterocycles. The average Bonchev–Trinajstić information content (AvgIpc) is 2.80. The number of urea groups is 1. The molecule has 0 heterocycles. The number of carbonyl (C=O) groups is 3. The number of hydrogen-bond donors (Lipinski definition) is 2. The van der Waals surface area contributed by atoms with Crippen LogP contribution in [0.25, 0.3) is 10.8 Å². The van der Waals surface area contributed by atoms with Gasteiger partial charge in [0.05, 0.1) is 12.7 Å². The fourth-order valence-electron chi connectivity index (χ4n) is 3.13. The third-order valence-electron chi connectivity index (χ3n) is 4.94. The monoisotopic (exact) mass is 435 g/mol. The van der Waals surface area contributed by atoms with E-state index in [1.54, 1.807) is 38.4 Å². The Morgan fingerprint density at radius 3 is 2.28 bits per heavy atom. The molecule has 0 aromatic heterocycles. The largest absolute Gasteiger partial charge is 0.497 e. The molecule has 0 spiro atoms. The van der Waals surface area contributed by atoms with E-state index in [0.29, 0.717) is 12.1 Å². The minimum atomic E-state index is -0.625. The van der Waals surface area contributed by atoms with Gasteiger partial charge in [0.25, 0.3) is 5.91 Å². The van der Waals surface area contributed by atoms with Crippen molar-refractivity contribution in [1.82, 2.24) is 10.2 Å². The van der Waals surface area contributed by atoms with E-state index < -0.39 is 12.0 Å².